The number of nitrogens with one attached hydrogen (secondary N) is 2. The molecule has 1 aromatic heterocycles. The second kappa shape index (κ2) is 8.63. The number of fused-ring (bicyclic) bond motifs is 1. The quantitative estimate of drug-likeness (QED) is 0.714. The fourth-order valence-corrected chi connectivity index (χ4v) is 2.84. The maximum absolute atomic E-state index is 12.3. The number of rotatable bonds is 6. The monoisotopic (exact) mass is 379 g/mol. The summed E-state index contributed by atoms with van der Waals surface area (Å²) in [4.78, 5) is 15.9. The van der Waals surface area contributed by atoms with E-state index in [1.807, 2.05) is 24.3 Å². The molecule has 2 unspecified atom stereocenters. The van der Waals surface area contributed by atoms with E-state index in [1.54, 1.807) is 0 Å². The molecule has 0 spiro atoms. The molecule has 9 heteroatoms. The fourth-order valence-electron chi connectivity index (χ4n) is 2.84. The Labute approximate surface area is 154 Å². The van der Waals surface area contributed by atoms with Crippen LogP contribution in [0.2, 0.25) is 0 Å². The highest BCUT2D eigenvalue weighted by molar-refractivity contribution is 5.75. The third-order valence-corrected chi connectivity index (χ3v) is 4.07. The molecule has 1 aliphatic heterocycles. The van der Waals surface area contributed by atoms with E-state index in [4.69, 9.17) is 4.74 Å². The zero-order chi connectivity index (χ0) is 19.2. The number of aromatic nitrogens is 1. The zero-order valence-electron chi connectivity index (χ0n) is 14.3. The molecule has 3 N–H and O–H groups in total. The molecule has 0 saturated heterocycles. The Morgan fingerprint density at radius 1 is 1.37 bits per heavy atom. The first-order valence-electron chi connectivity index (χ1n) is 8.34. The van der Waals surface area contributed by atoms with Crippen molar-refractivity contribution in [3.8, 4) is 11.6 Å². The van der Waals surface area contributed by atoms with Crippen molar-refractivity contribution in [2.45, 2.75) is 25.1 Å². The topological polar surface area (TPSA) is 92.7 Å². The van der Waals surface area contributed by atoms with Crippen LogP contribution in [0.4, 0.5) is 13.6 Å². The minimum absolute atomic E-state index is 0.227. The first kappa shape index (κ1) is 18.8. The Hall–Kier alpha value is -2.94. The molecule has 3 rings (SSSR count). The van der Waals surface area contributed by atoms with Gasteiger partial charge in [0.05, 0.1) is 18.7 Å². The lowest BCUT2D eigenvalue weighted by molar-refractivity contribution is -0.0529. The number of alkyl halides is 2. The van der Waals surface area contributed by atoms with E-state index in [0.29, 0.717) is 18.6 Å². The number of pyridine rings is 1. The SMILES string of the molecule is O=C(NC1COc2ccccc2C1)NC(CO)c1ccnc(OC(F)F)c1. The van der Waals surface area contributed by atoms with Crippen LogP contribution in [0.15, 0.2) is 42.6 Å². The van der Waals surface area contributed by atoms with Crippen LogP contribution >= 0.6 is 0 Å². The summed E-state index contributed by atoms with van der Waals surface area (Å²) in [6, 6.07) is 8.79. The molecular weight excluding hydrogens is 360 g/mol. The molecule has 1 aliphatic rings. The molecule has 0 saturated carbocycles. The van der Waals surface area contributed by atoms with Gasteiger partial charge in [0.2, 0.25) is 5.88 Å². The van der Waals surface area contributed by atoms with E-state index >= 15 is 0 Å². The number of benzene rings is 1. The number of aliphatic hydroxyl groups excluding tert-OH is 1. The van der Waals surface area contributed by atoms with Gasteiger partial charge in [0.15, 0.2) is 0 Å². The fraction of sp³-hybridized carbons (Fsp3) is 0.333. The molecule has 2 amide bonds. The maximum atomic E-state index is 12.3. The Balaban J connectivity index is 1.59. The summed E-state index contributed by atoms with van der Waals surface area (Å²) in [7, 11) is 0. The van der Waals surface area contributed by atoms with Gasteiger partial charge in [0, 0.05) is 12.3 Å². The number of carbonyl (C=O) groups is 1. The summed E-state index contributed by atoms with van der Waals surface area (Å²) in [6.07, 6.45) is 1.89. The molecule has 0 fully saturated rings. The lowest BCUT2D eigenvalue weighted by Crippen LogP contribution is -2.48. The number of hydrogen-bond donors (Lipinski definition) is 3. The Morgan fingerprint density at radius 2 is 2.19 bits per heavy atom. The Kier molecular flexibility index (Phi) is 6.02. The van der Waals surface area contributed by atoms with Crippen molar-refractivity contribution in [2.75, 3.05) is 13.2 Å². The molecule has 7 nitrogen and oxygen atoms in total. The molecule has 27 heavy (non-hydrogen) atoms. The highest BCUT2D eigenvalue weighted by Gasteiger charge is 2.22. The van der Waals surface area contributed by atoms with Crippen LogP contribution in [0, 0.1) is 0 Å². The minimum atomic E-state index is -3.01. The summed E-state index contributed by atoms with van der Waals surface area (Å²) < 4.78 is 34.5. The molecule has 2 heterocycles. The predicted octanol–water partition coefficient (Wildman–Crippen LogP) is 2.02. The van der Waals surface area contributed by atoms with E-state index in [1.165, 1.54) is 18.3 Å². The van der Waals surface area contributed by atoms with Crippen molar-refractivity contribution in [1.82, 2.24) is 15.6 Å². The summed E-state index contributed by atoms with van der Waals surface area (Å²) >= 11 is 0. The number of para-hydroxylation sites is 1. The van der Waals surface area contributed by atoms with Crippen molar-refractivity contribution < 1.29 is 28.2 Å². The smallest absolute Gasteiger partial charge is 0.388 e. The maximum Gasteiger partial charge on any atom is 0.388 e. The third-order valence-electron chi connectivity index (χ3n) is 4.07. The molecule has 2 atom stereocenters. The van der Waals surface area contributed by atoms with Gasteiger partial charge in [0.25, 0.3) is 0 Å². The average molecular weight is 379 g/mol. The van der Waals surface area contributed by atoms with Crippen LogP contribution in [0.3, 0.4) is 0 Å². The van der Waals surface area contributed by atoms with Gasteiger partial charge in [-0.15, -0.1) is 0 Å². The Bertz CT molecular complexity index is 791. The Morgan fingerprint density at radius 3 is 2.96 bits per heavy atom. The van der Waals surface area contributed by atoms with Crippen molar-refractivity contribution >= 4 is 6.03 Å². The van der Waals surface area contributed by atoms with E-state index < -0.39 is 25.3 Å². The van der Waals surface area contributed by atoms with Crippen molar-refractivity contribution in [1.29, 1.82) is 0 Å². The second-order valence-electron chi connectivity index (χ2n) is 5.98. The average Bonchev–Trinajstić information content (AvgIpc) is 2.65. The molecular formula is C18H19F2N3O4. The van der Waals surface area contributed by atoms with Gasteiger partial charge in [-0.05, 0) is 29.7 Å². The third kappa shape index (κ3) is 5.04. The van der Waals surface area contributed by atoms with Crippen LogP contribution in [0.25, 0.3) is 0 Å². The largest absolute Gasteiger partial charge is 0.491 e. The number of hydrogen-bond acceptors (Lipinski definition) is 5. The van der Waals surface area contributed by atoms with Gasteiger partial charge in [-0.3, -0.25) is 0 Å². The second-order valence-corrected chi connectivity index (χ2v) is 5.98. The zero-order valence-corrected chi connectivity index (χ0v) is 14.3. The first-order chi connectivity index (χ1) is 13.0. The molecule has 144 valence electrons. The van der Waals surface area contributed by atoms with E-state index in [0.717, 1.165) is 11.3 Å². The molecule has 1 aromatic carbocycles. The van der Waals surface area contributed by atoms with E-state index in [-0.39, 0.29) is 11.9 Å². The number of amides is 2. The normalized spacial score (nSPS) is 16.8. The minimum Gasteiger partial charge on any atom is -0.491 e. The van der Waals surface area contributed by atoms with Gasteiger partial charge in [-0.25, -0.2) is 9.78 Å². The predicted molar refractivity (Wildman–Crippen MR) is 91.8 cm³/mol. The number of halogens is 2. The number of carbonyl (C=O) groups excluding carboxylic acids is 1. The van der Waals surface area contributed by atoms with Crippen LogP contribution in [-0.4, -0.2) is 42.0 Å². The van der Waals surface area contributed by atoms with Gasteiger partial charge in [-0.2, -0.15) is 8.78 Å². The van der Waals surface area contributed by atoms with Crippen LogP contribution in [0.5, 0.6) is 11.6 Å². The molecule has 0 radical (unpaired) electrons. The van der Waals surface area contributed by atoms with E-state index in [9.17, 15) is 18.7 Å². The van der Waals surface area contributed by atoms with Gasteiger partial charge >= 0.3 is 12.6 Å². The van der Waals surface area contributed by atoms with Crippen molar-refractivity contribution in [3.63, 3.8) is 0 Å². The molecule has 0 aliphatic carbocycles. The van der Waals surface area contributed by atoms with E-state index in [2.05, 4.69) is 20.4 Å². The number of urea groups is 1. The first-order valence-corrected chi connectivity index (χ1v) is 8.34. The van der Waals surface area contributed by atoms with Gasteiger partial charge in [0.1, 0.15) is 12.4 Å². The van der Waals surface area contributed by atoms with Gasteiger partial charge in [-0.1, -0.05) is 18.2 Å². The van der Waals surface area contributed by atoms with Crippen molar-refractivity contribution in [3.05, 3.63) is 53.7 Å². The highest BCUT2D eigenvalue weighted by atomic mass is 19.3. The summed E-state index contributed by atoms with van der Waals surface area (Å²) in [5.41, 5.74) is 1.39. The van der Waals surface area contributed by atoms with Crippen molar-refractivity contribution in [2.24, 2.45) is 0 Å². The molecule has 0 bridgehead atoms. The highest BCUT2D eigenvalue weighted by Crippen LogP contribution is 2.24. The van der Waals surface area contributed by atoms with Crippen LogP contribution in [-0.2, 0) is 6.42 Å². The lowest BCUT2D eigenvalue weighted by Gasteiger charge is -2.27. The lowest BCUT2D eigenvalue weighted by atomic mass is 10.0. The number of aliphatic hydroxyl groups is 1. The van der Waals surface area contributed by atoms with Crippen LogP contribution in [0.1, 0.15) is 17.2 Å². The summed E-state index contributed by atoms with van der Waals surface area (Å²) in [5.74, 6) is 0.507. The number of ether oxygens (including phenoxy) is 2. The van der Waals surface area contributed by atoms with Gasteiger partial charge < -0.3 is 25.2 Å². The van der Waals surface area contributed by atoms with Crippen LogP contribution < -0.4 is 20.1 Å². The standard InChI is InChI=1S/C18H19F2N3O4/c19-17(20)27-16-8-11(5-6-21-16)14(9-24)23-18(25)22-13-7-12-3-1-2-4-15(12)26-10-13/h1-6,8,13-14,17,24H,7,9-10H2,(H2,22,23,25). The summed E-state index contributed by atoms with van der Waals surface area (Å²) in [6.45, 7) is -3.10. The number of nitrogens with zero attached hydrogens (tertiary/aromatic N) is 1. The molecule has 2 aromatic rings. The summed E-state index contributed by atoms with van der Waals surface area (Å²) in [5, 5.41) is 15.0.